The molecule has 1 aliphatic carbocycles. The molecule has 3 aromatic carbocycles. The number of hydrogen-bond acceptors (Lipinski definition) is 3. The highest BCUT2D eigenvalue weighted by Crippen LogP contribution is 2.44. The van der Waals surface area contributed by atoms with Gasteiger partial charge in [0.05, 0.1) is 5.02 Å². The number of nitrogens with one attached hydrogen (secondary N) is 2. The largest absolute Gasteiger partial charge is 0.449 e. The van der Waals surface area contributed by atoms with E-state index < -0.39 is 23.9 Å². The van der Waals surface area contributed by atoms with E-state index in [9.17, 15) is 14.0 Å². The van der Waals surface area contributed by atoms with E-state index in [1.807, 2.05) is 50.2 Å². The predicted octanol–water partition coefficient (Wildman–Crippen LogP) is 6.37. The van der Waals surface area contributed by atoms with E-state index in [1.54, 1.807) is 0 Å². The van der Waals surface area contributed by atoms with Gasteiger partial charge in [-0.1, -0.05) is 74.0 Å². The molecule has 2 amide bonds. The average molecular weight is 481 g/mol. The minimum atomic E-state index is -0.820. The molecule has 0 saturated carbocycles. The highest BCUT2D eigenvalue weighted by molar-refractivity contribution is 6.31. The molecule has 0 bridgehead atoms. The normalized spacial score (nSPS) is 13.2. The van der Waals surface area contributed by atoms with Crippen LogP contribution in [0, 0.1) is 11.7 Å². The van der Waals surface area contributed by atoms with Gasteiger partial charge in [-0.25, -0.2) is 9.18 Å². The number of amides is 2. The number of carbonyl (C=O) groups excluding carboxylic acids is 2. The fourth-order valence-corrected chi connectivity index (χ4v) is 4.47. The Labute approximate surface area is 203 Å². The van der Waals surface area contributed by atoms with Crippen LogP contribution in [0.1, 0.15) is 37.3 Å². The molecule has 1 atom stereocenters. The van der Waals surface area contributed by atoms with Crippen molar-refractivity contribution in [2.24, 2.45) is 5.92 Å². The molecular weight excluding hydrogens is 455 g/mol. The molecule has 1 unspecified atom stereocenters. The van der Waals surface area contributed by atoms with Crippen molar-refractivity contribution in [1.29, 1.82) is 0 Å². The summed E-state index contributed by atoms with van der Waals surface area (Å²) in [5.41, 5.74) is 4.85. The SMILES string of the molecule is CC(C)CC(NC(=O)OCC1c2ccccc2-c2ccccc21)C(=O)Nc1ccc(F)c(Cl)c1. The van der Waals surface area contributed by atoms with Gasteiger partial charge in [-0.2, -0.15) is 0 Å². The molecule has 1 aliphatic rings. The molecule has 0 aliphatic heterocycles. The summed E-state index contributed by atoms with van der Waals surface area (Å²) in [5.74, 6) is -0.932. The molecular formula is C27H26ClFN2O3. The standard InChI is InChI=1S/C27H26ClFN2O3/c1-16(2)13-25(26(32)30-17-11-12-24(29)23(28)14-17)31-27(33)34-15-22-20-9-5-3-7-18(20)19-8-4-6-10-21(19)22/h3-12,14,16,22,25H,13,15H2,1-2H3,(H,30,32)(H,31,33). The molecule has 0 radical (unpaired) electrons. The second-order valence-corrected chi connectivity index (χ2v) is 9.18. The number of alkyl carbamates (subject to hydrolysis) is 1. The minimum Gasteiger partial charge on any atom is -0.449 e. The summed E-state index contributed by atoms with van der Waals surface area (Å²) in [6.45, 7) is 4.06. The second-order valence-electron chi connectivity index (χ2n) is 8.77. The van der Waals surface area contributed by atoms with E-state index in [4.69, 9.17) is 16.3 Å². The molecule has 0 aromatic heterocycles. The molecule has 176 valence electrons. The van der Waals surface area contributed by atoms with Gasteiger partial charge in [0.1, 0.15) is 18.5 Å². The molecule has 5 nitrogen and oxygen atoms in total. The van der Waals surface area contributed by atoms with Crippen molar-refractivity contribution in [1.82, 2.24) is 5.32 Å². The number of hydrogen-bond donors (Lipinski definition) is 2. The third-order valence-electron chi connectivity index (χ3n) is 5.85. The monoisotopic (exact) mass is 480 g/mol. The lowest BCUT2D eigenvalue weighted by molar-refractivity contribution is -0.118. The van der Waals surface area contributed by atoms with E-state index in [0.717, 1.165) is 22.3 Å². The number of fused-ring (bicyclic) bond motifs is 3. The first-order valence-electron chi connectivity index (χ1n) is 11.2. The number of halogens is 2. The Bertz CT molecular complexity index is 1170. The zero-order chi connectivity index (χ0) is 24.2. The van der Waals surface area contributed by atoms with Gasteiger partial charge in [0.2, 0.25) is 5.91 Å². The number of rotatable bonds is 7. The van der Waals surface area contributed by atoms with Crippen molar-refractivity contribution in [3.8, 4) is 11.1 Å². The van der Waals surface area contributed by atoms with Gasteiger partial charge in [0.25, 0.3) is 0 Å². The lowest BCUT2D eigenvalue weighted by Gasteiger charge is -2.21. The summed E-state index contributed by atoms with van der Waals surface area (Å²) in [6, 6.07) is 19.3. The van der Waals surface area contributed by atoms with Crippen LogP contribution in [-0.2, 0) is 9.53 Å². The zero-order valence-corrected chi connectivity index (χ0v) is 19.7. The molecule has 0 fully saturated rings. The van der Waals surface area contributed by atoms with Crippen molar-refractivity contribution in [2.45, 2.75) is 32.2 Å². The van der Waals surface area contributed by atoms with Crippen LogP contribution < -0.4 is 10.6 Å². The maximum absolute atomic E-state index is 13.4. The summed E-state index contributed by atoms with van der Waals surface area (Å²) in [6.07, 6.45) is -0.259. The van der Waals surface area contributed by atoms with Crippen LogP contribution in [0.2, 0.25) is 5.02 Å². The maximum Gasteiger partial charge on any atom is 0.407 e. The van der Waals surface area contributed by atoms with Crippen LogP contribution in [-0.4, -0.2) is 24.6 Å². The van der Waals surface area contributed by atoms with E-state index in [2.05, 4.69) is 22.8 Å². The first-order valence-corrected chi connectivity index (χ1v) is 11.6. The van der Waals surface area contributed by atoms with Gasteiger partial charge in [0.15, 0.2) is 0 Å². The number of ether oxygens (including phenoxy) is 1. The quantitative estimate of drug-likeness (QED) is 0.413. The van der Waals surface area contributed by atoms with Crippen LogP contribution in [0.25, 0.3) is 11.1 Å². The van der Waals surface area contributed by atoms with Crippen molar-refractivity contribution in [3.63, 3.8) is 0 Å². The zero-order valence-electron chi connectivity index (χ0n) is 19.0. The molecule has 0 saturated heterocycles. The van der Waals surface area contributed by atoms with Crippen LogP contribution in [0.5, 0.6) is 0 Å². The summed E-state index contributed by atoms with van der Waals surface area (Å²) < 4.78 is 19.0. The lowest BCUT2D eigenvalue weighted by atomic mass is 9.98. The van der Waals surface area contributed by atoms with Gasteiger partial charge in [-0.05, 0) is 52.8 Å². The fourth-order valence-electron chi connectivity index (χ4n) is 4.29. The van der Waals surface area contributed by atoms with Crippen LogP contribution in [0.4, 0.5) is 14.9 Å². The van der Waals surface area contributed by atoms with Crippen LogP contribution >= 0.6 is 11.6 Å². The highest BCUT2D eigenvalue weighted by atomic mass is 35.5. The van der Waals surface area contributed by atoms with E-state index in [1.165, 1.54) is 18.2 Å². The van der Waals surface area contributed by atoms with E-state index in [-0.39, 0.29) is 23.5 Å². The highest BCUT2D eigenvalue weighted by Gasteiger charge is 2.30. The topological polar surface area (TPSA) is 67.4 Å². The average Bonchev–Trinajstić information content (AvgIpc) is 3.13. The third-order valence-corrected chi connectivity index (χ3v) is 6.14. The Balaban J connectivity index is 1.42. The Morgan fingerprint density at radius 3 is 2.21 bits per heavy atom. The Hall–Kier alpha value is -3.38. The predicted molar refractivity (Wildman–Crippen MR) is 131 cm³/mol. The van der Waals surface area contributed by atoms with Crippen LogP contribution in [0.3, 0.4) is 0 Å². The van der Waals surface area contributed by atoms with Gasteiger partial charge >= 0.3 is 6.09 Å². The molecule has 34 heavy (non-hydrogen) atoms. The van der Waals surface area contributed by atoms with E-state index in [0.29, 0.717) is 12.1 Å². The van der Waals surface area contributed by atoms with Crippen molar-refractivity contribution >= 4 is 29.3 Å². The Kier molecular flexibility index (Phi) is 7.17. The van der Waals surface area contributed by atoms with Gasteiger partial charge in [-0.15, -0.1) is 0 Å². The minimum absolute atomic E-state index is 0.0723. The van der Waals surface area contributed by atoms with Gasteiger partial charge in [-0.3, -0.25) is 4.79 Å². The summed E-state index contributed by atoms with van der Waals surface area (Å²) >= 11 is 5.80. The van der Waals surface area contributed by atoms with Gasteiger partial charge in [0, 0.05) is 11.6 Å². The van der Waals surface area contributed by atoms with Crippen molar-refractivity contribution in [3.05, 3.63) is 88.7 Å². The number of benzene rings is 3. The molecule has 0 heterocycles. The maximum atomic E-state index is 13.4. The molecule has 3 aromatic rings. The van der Waals surface area contributed by atoms with Gasteiger partial charge < -0.3 is 15.4 Å². The van der Waals surface area contributed by atoms with Crippen LogP contribution in [0.15, 0.2) is 66.7 Å². The fraction of sp³-hybridized carbons (Fsp3) is 0.259. The summed E-state index contributed by atoms with van der Waals surface area (Å²) in [4.78, 5) is 25.5. The Morgan fingerprint density at radius 2 is 1.62 bits per heavy atom. The first kappa shape index (κ1) is 23.8. The van der Waals surface area contributed by atoms with Crippen molar-refractivity contribution < 1.29 is 18.7 Å². The first-order chi connectivity index (χ1) is 16.3. The lowest BCUT2D eigenvalue weighted by Crippen LogP contribution is -2.45. The molecule has 0 spiro atoms. The molecule has 2 N–H and O–H groups in total. The number of carbonyl (C=O) groups is 2. The summed E-state index contributed by atoms with van der Waals surface area (Å²) in [7, 11) is 0. The van der Waals surface area contributed by atoms with Crippen molar-refractivity contribution in [2.75, 3.05) is 11.9 Å². The second kappa shape index (κ2) is 10.3. The molecule has 7 heteroatoms. The Morgan fingerprint density at radius 1 is 1.00 bits per heavy atom. The number of anilines is 1. The molecule has 4 rings (SSSR count). The summed E-state index contributed by atoms with van der Waals surface area (Å²) in [5, 5.41) is 5.27. The smallest absolute Gasteiger partial charge is 0.407 e. The van der Waals surface area contributed by atoms with E-state index >= 15 is 0 Å². The third kappa shape index (κ3) is 5.23.